The number of hydrogen-bond acceptors (Lipinski definition) is 1. The quantitative estimate of drug-likeness (QED) is 0.165. The molecular weight excluding hydrogens is 687 g/mol. The first kappa shape index (κ1) is 33.4. The molecule has 0 atom stereocenters. The van der Waals surface area contributed by atoms with Crippen molar-refractivity contribution in [2.24, 2.45) is 0 Å². The fourth-order valence-electron chi connectivity index (χ4n) is 10.0. The SMILES string of the molecule is CC1(C)c2ccccc2-c2ccc(N(c3ccc(-c4ccccc4)cc3)c3ccc4cc5c(cc4c3)C(c3ccccc3)(c3ccccc3)c3ccccc3-5)cc21. The van der Waals surface area contributed by atoms with Gasteiger partial charge < -0.3 is 4.90 Å². The third-order valence-electron chi connectivity index (χ3n) is 12.7. The van der Waals surface area contributed by atoms with E-state index in [2.05, 4.69) is 231 Å². The average molecular weight is 728 g/mol. The van der Waals surface area contributed by atoms with E-state index in [9.17, 15) is 0 Å². The molecule has 2 aliphatic rings. The molecule has 9 aromatic carbocycles. The van der Waals surface area contributed by atoms with E-state index in [4.69, 9.17) is 0 Å². The largest absolute Gasteiger partial charge is 0.310 e. The Morgan fingerprint density at radius 3 is 1.51 bits per heavy atom. The molecule has 0 spiro atoms. The van der Waals surface area contributed by atoms with Crippen molar-refractivity contribution in [3.8, 4) is 33.4 Å². The molecule has 1 heteroatoms. The van der Waals surface area contributed by atoms with Crippen molar-refractivity contribution in [3.63, 3.8) is 0 Å². The van der Waals surface area contributed by atoms with Crippen LogP contribution in [0.5, 0.6) is 0 Å². The predicted molar refractivity (Wildman–Crippen MR) is 239 cm³/mol. The van der Waals surface area contributed by atoms with Crippen LogP contribution in [0.25, 0.3) is 44.2 Å². The van der Waals surface area contributed by atoms with Crippen LogP contribution in [0, 0.1) is 0 Å². The Balaban J connectivity index is 1.12. The lowest BCUT2D eigenvalue weighted by Gasteiger charge is -2.34. The minimum Gasteiger partial charge on any atom is -0.310 e. The molecule has 0 heterocycles. The number of anilines is 3. The van der Waals surface area contributed by atoms with E-state index in [-0.39, 0.29) is 5.41 Å². The van der Waals surface area contributed by atoms with Crippen molar-refractivity contribution in [3.05, 3.63) is 246 Å². The monoisotopic (exact) mass is 727 g/mol. The molecule has 0 bridgehead atoms. The minimum atomic E-state index is -0.452. The van der Waals surface area contributed by atoms with Gasteiger partial charge in [0.25, 0.3) is 0 Å². The van der Waals surface area contributed by atoms with Gasteiger partial charge in [0.2, 0.25) is 0 Å². The van der Waals surface area contributed by atoms with Crippen molar-refractivity contribution >= 4 is 27.8 Å². The Kier molecular flexibility index (Phi) is 7.50. The van der Waals surface area contributed by atoms with Gasteiger partial charge in [-0.2, -0.15) is 0 Å². The zero-order valence-electron chi connectivity index (χ0n) is 32.2. The molecule has 0 radical (unpaired) electrons. The molecule has 0 saturated heterocycles. The highest BCUT2D eigenvalue weighted by molar-refractivity contribution is 5.98. The Labute approximate surface area is 335 Å². The second-order valence-corrected chi connectivity index (χ2v) is 16.1. The van der Waals surface area contributed by atoms with Crippen LogP contribution in [0.4, 0.5) is 17.1 Å². The summed E-state index contributed by atoms with van der Waals surface area (Å²) in [6.45, 7) is 4.72. The molecule has 2 aliphatic carbocycles. The fourth-order valence-corrected chi connectivity index (χ4v) is 10.0. The van der Waals surface area contributed by atoms with E-state index in [1.54, 1.807) is 0 Å². The molecule has 0 N–H and O–H groups in total. The molecule has 1 nitrogen and oxygen atoms in total. The highest BCUT2D eigenvalue weighted by atomic mass is 15.1. The molecule has 9 aromatic rings. The summed E-state index contributed by atoms with van der Waals surface area (Å²) >= 11 is 0. The van der Waals surface area contributed by atoms with Crippen molar-refractivity contribution < 1.29 is 0 Å². The van der Waals surface area contributed by atoms with Gasteiger partial charge in [-0.1, -0.05) is 178 Å². The van der Waals surface area contributed by atoms with Gasteiger partial charge in [0, 0.05) is 22.5 Å². The number of benzene rings is 9. The van der Waals surface area contributed by atoms with Gasteiger partial charge >= 0.3 is 0 Å². The second-order valence-electron chi connectivity index (χ2n) is 16.1. The summed E-state index contributed by atoms with van der Waals surface area (Å²) < 4.78 is 0. The van der Waals surface area contributed by atoms with Gasteiger partial charge in [-0.05, 0) is 126 Å². The molecule has 0 aliphatic heterocycles. The average Bonchev–Trinajstić information content (AvgIpc) is 3.69. The van der Waals surface area contributed by atoms with E-state index < -0.39 is 5.41 Å². The van der Waals surface area contributed by atoms with Gasteiger partial charge in [-0.25, -0.2) is 0 Å². The molecule has 270 valence electrons. The van der Waals surface area contributed by atoms with Crippen LogP contribution in [0.1, 0.15) is 47.2 Å². The summed E-state index contributed by atoms with van der Waals surface area (Å²) in [6, 6.07) is 78.7. The van der Waals surface area contributed by atoms with E-state index in [0.29, 0.717) is 0 Å². The maximum Gasteiger partial charge on any atom is 0.0713 e. The van der Waals surface area contributed by atoms with Crippen LogP contribution in [0.15, 0.2) is 212 Å². The molecular formula is C56H41N. The molecule has 57 heavy (non-hydrogen) atoms. The van der Waals surface area contributed by atoms with Crippen LogP contribution < -0.4 is 4.90 Å². The predicted octanol–water partition coefficient (Wildman–Crippen LogP) is 14.6. The summed E-state index contributed by atoms with van der Waals surface area (Å²) in [5, 5.41) is 2.45. The van der Waals surface area contributed by atoms with Crippen molar-refractivity contribution in [1.82, 2.24) is 0 Å². The van der Waals surface area contributed by atoms with E-state index >= 15 is 0 Å². The maximum absolute atomic E-state index is 2.48. The highest BCUT2D eigenvalue weighted by Gasteiger charge is 2.46. The van der Waals surface area contributed by atoms with Crippen molar-refractivity contribution in [2.75, 3.05) is 4.90 Å². The van der Waals surface area contributed by atoms with E-state index in [1.807, 2.05) is 0 Å². The first-order valence-electron chi connectivity index (χ1n) is 20.0. The Morgan fingerprint density at radius 2 is 0.825 bits per heavy atom. The zero-order chi connectivity index (χ0) is 38.1. The lowest BCUT2D eigenvalue weighted by Crippen LogP contribution is -2.28. The van der Waals surface area contributed by atoms with Crippen LogP contribution in [-0.4, -0.2) is 0 Å². The van der Waals surface area contributed by atoms with Gasteiger partial charge in [0.05, 0.1) is 5.41 Å². The zero-order valence-corrected chi connectivity index (χ0v) is 32.2. The summed E-state index contributed by atoms with van der Waals surface area (Å²) in [5.41, 5.74) is 18.5. The van der Waals surface area contributed by atoms with Crippen LogP contribution in [0.2, 0.25) is 0 Å². The van der Waals surface area contributed by atoms with Gasteiger partial charge in [0.1, 0.15) is 0 Å². The summed E-state index contributed by atoms with van der Waals surface area (Å²) in [4.78, 5) is 2.44. The highest BCUT2D eigenvalue weighted by Crippen LogP contribution is 2.57. The Bertz CT molecular complexity index is 2920. The molecule has 0 amide bonds. The van der Waals surface area contributed by atoms with Crippen LogP contribution in [0.3, 0.4) is 0 Å². The Hall–Kier alpha value is -6.96. The van der Waals surface area contributed by atoms with Gasteiger partial charge in [0.15, 0.2) is 0 Å². The van der Waals surface area contributed by atoms with Crippen molar-refractivity contribution in [2.45, 2.75) is 24.7 Å². The molecule has 0 aromatic heterocycles. The van der Waals surface area contributed by atoms with Crippen LogP contribution in [-0.2, 0) is 10.8 Å². The van der Waals surface area contributed by atoms with Gasteiger partial charge in [-0.3, -0.25) is 0 Å². The lowest BCUT2D eigenvalue weighted by molar-refractivity contribution is 0.660. The summed E-state index contributed by atoms with van der Waals surface area (Å²) in [7, 11) is 0. The summed E-state index contributed by atoms with van der Waals surface area (Å²) in [5.74, 6) is 0. The minimum absolute atomic E-state index is 0.109. The van der Waals surface area contributed by atoms with Crippen LogP contribution >= 0.6 is 0 Å². The first-order valence-corrected chi connectivity index (χ1v) is 20.0. The Morgan fingerprint density at radius 1 is 0.316 bits per heavy atom. The number of fused-ring (bicyclic) bond motifs is 7. The lowest BCUT2D eigenvalue weighted by atomic mass is 9.67. The third kappa shape index (κ3) is 5.02. The normalized spacial score (nSPS) is 14.1. The number of rotatable bonds is 6. The van der Waals surface area contributed by atoms with E-state index in [1.165, 1.54) is 77.5 Å². The summed E-state index contributed by atoms with van der Waals surface area (Å²) in [6.07, 6.45) is 0. The number of nitrogens with zero attached hydrogens (tertiary/aromatic N) is 1. The molecule has 0 saturated carbocycles. The second kappa shape index (κ2) is 12.8. The molecule has 0 fully saturated rings. The van der Waals surface area contributed by atoms with Crippen molar-refractivity contribution in [1.29, 1.82) is 0 Å². The molecule has 0 unspecified atom stereocenters. The first-order chi connectivity index (χ1) is 28.0. The van der Waals surface area contributed by atoms with E-state index in [0.717, 1.165) is 17.1 Å². The standard InChI is InChI=1S/C56H41N/c1-55(2)51-24-14-12-22-47(51)49-33-32-46(37-53(49)55)57(44-29-26-39(27-30-44)38-16-6-3-7-17-38)45-31-28-40-35-50-48-23-13-15-25-52(48)56(42-18-8-4-9-19-42,43-20-10-5-11-21-43)54(50)36-41(40)34-45/h3-37H,1-2H3. The third-order valence-corrected chi connectivity index (χ3v) is 12.7. The smallest absolute Gasteiger partial charge is 0.0713 e. The maximum atomic E-state index is 2.48. The fraction of sp³-hybridized carbons (Fsp3) is 0.0714. The van der Waals surface area contributed by atoms with Gasteiger partial charge in [-0.15, -0.1) is 0 Å². The number of hydrogen-bond donors (Lipinski definition) is 0. The topological polar surface area (TPSA) is 3.24 Å². The molecule has 11 rings (SSSR count).